The van der Waals surface area contributed by atoms with Gasteiger partial charge in [0.15, 0.2) is 0 Å². The van der Waals surface area contributed by atoms with E-state index in [2.05, 4.69) is 4.74 Å². The first kappa shape index (κ1) is 17.9. The molecule has 0 radical (unpaired) electrons. The van der Waals surface area contributed by atoms with Crippen LogP contribution in [0.5, 0.6) is 0 Å². The molecule has 0 fully saturated rings. The van der Waals surface area contributed by atoms with Crippen LogP contribution in [0.2, 0.25) is 0 Å². The third kappa shape index (κ3) is 6.17. The molecule has 0 aliphatic carbocycles. The highest BCUT2D eigenvalue weighted by molar-refractivity contribution is 5.88. The third-order valence-electron chi connectivity index (χ3n) is 2.16. The molecule has 0 spiro atoms. The van der Waals surface area contributed by atoms with Gasteiger partial charge in [-0.1, -0.05) is 0 Å². The Labute approximate surface area is 116 Å². The van der Waals surface area contributed by atoms with Gasteiger partial charge in [0, 0.05) is 6.92 Å². The van der Waals surface area contributed by atoms with Crippen LogP contribution in [-0.2, 0) is 33.4 Å². The molecular formula is C12H18O8. The van der Waals surface area contributed by atoms with Crippen molar-refractivity contribution in [3.05, 3.63) is 0 Å². The summed E-state index contributed by atoms with van der Waals surface area (Å²) >= 11 is 0. The van der Waals surface area contributed by atoms with Gasteiger partial charge >= 0.3 is 23.9 Å². The molecule has 0 rings (SSSR count). The van der Waals surface area contributed by atoms with Gasteiger partial charge in [-0.05, 0) is 13.8 Å². The lowest BCUT2D eigenvalue weighted by Gasteiger charge is -2.22. The molecule has 0 unspecified atom stereocenters. The standard InChI is InChI=1S/C12H18O8/c1-4-18-11(16)8(6-9(14)15)10(20-7(3)13)12(17)19-5-2/h8,10H,4-6H2,1-3H3,(H,14,15)/t8-,10+/m1/s1. The van der Waals surface area contributed by atoms with E-state index >= 15 is 0 Å². The average molecular weight is 290 g/mol. The highest BCUT2D eigenvalue weighted by Crippen LogP contribution is 2.17. The van der Waals surface area contributed by atoms with Gasteiger partial charge in [-0.2, -0.15) is 0 Å². The van der Waals surface area contributed by atoms with E-state index in [0.29, 0.717) is 0 Å². The fourth-order valence-corrected chi connectivity index (χ4v) is 1.45. The summed E-state index contributed by atoms with van der Waals surface area (Å²) in [6.45, 7) is 4.10. The van der Waals surface area contributed by atoms with E-state index in [1.807, 2.05) is 0 Å². The highest BCUT2D eigenvalue weighted by atomic mass is 16.6. The molecule has 0 heterocycles. The topological polar surface area (TPSA) is 116 Å². The Bertz CT molecular complexity index is 340. The highest BCUT2D eigenvalue weighted by Gasteiger charge is 2.40. The van der Waals surface area contributed by atoms with Crippen LogP contribution in [0.25, 0.3) is 0 Å². The first-order valence-electron chi connectivity index (χ1n) is 6.05. The molecule has 0 aliphatic rings. The number of carboxylic acid groups (broad SMARTS) is 1. The number of ether oxygens (including phenoxy) is 3. The normalized spacial score (nSPS) is 12.9. The molecule has 8 nitrogen and oxygen atoms in total. The van der Waals surface area contributed by atoms with Gasteiger partial charge in [0.25, 0.3) is 0 Å². The lowest BCUT2D eigenvalue weighted by molar-refractivity contribution is -0.178. The van der Waals surface area contributed by atoms with Crippen LogP contribution in [-0.4, -0.2) is 48.3 Å². The Hall–Kier alpha value is -2.12. The van der Waals surface area contributed by atoms with Crippen LogP contribution in [0.4, 0.5) is 0 Å². The summed E-state index contributed by atoms with van der Waals surface area (Å²) in [5, 5.41) is 8.80. The summed E-state index contributed by atoms with van der Waals surface area (Å²) in [5.74, 6) is -5.53. The lowest BCUT2D eigenvalue weighted by Crippen LogP contribution is -2.41. The molecule has 0 amide bonds. The number of carbonyl (C=O) groups is 4. The average Bonchev–Trinajstić information content (AvgIpc) is 2.33. The molecule has 0 aromatic rings. The van der Waals surface area contributed by atoms with Crippen molar-refractivity contribution in [2.24, 2.45) is 5.92 Å². The fraction of sp³-hybridized carbons (Fsp3) is 0.667. The third-order valence-corrected chi connectivity index (χ3v) is 2.16. The molecule has 0 saturated heterocycles. The smallest absolute Gasteiger partial charge is 0.348 e. The maximum Gasteiger partial charge on any atom is 0.348 e. The summed E-state index contributed by atoms with van der Waals surface area (Å²) in [6.07, 6.45) is -2.35. The molecule has 2 atom stereocenters. The number of esters is 3. The Balaban J connectivity index is 5.24. The van der Waals surface area contributed by atoms with Crippen LogP contribution in [0.1, 0.15) is 27.2 Å². The Morgan fingerprint density at radius 1 is 1.00 bits per heavy atom. The zero-order valence-electron chi connectivity index (χ0n) is 11.6. The minimum Gasteiger partial charge on any atom is -0.481 e. The Morgan fingerprint density at radius 3 is 1.90 bits per heavy atom. The molecule has 0 bridgehead atoms. The molecule has 0 saturated carbocycles. The van der Waals surface area contributed by atoms with E-state index in [0.717, 1.165) is 6.92 Å². The molecule has 20 heavy (non-hydrogen) atoms. The Morgan fingerprint density at radius 2 is 1.50 bits per heavy atom. The van der Waals surface area contributed by atoms with Gasteiger partial charge in [0.2, 0.25) is 6.10 Å². The van der Waals surface area contributed by atoms with Gasteiger partial charge in [-0.25, -0.2) is 4.79 Å². The second kappa shape index (κ2) is 8.89. The maximum atomic E-state index is 11.7. The minimum atomic E-state index is -1.64. The van der Waals surface area contributed by atoms with Crippen LogP contribution in [0.15, 0.2) is 0 Å². The summed E-state index contributed by atoms with van der Waals surface area (Å²) < 4.78 is 14.1. The molecule has 0 aromatic heterocycles. The zero-order chi connectivity index (χ0) is 15.7. The van der Waals surface area contributed by atoms with Gasteiger partial charge in [-0.15, -0.1) is 0 Å². The molecular weight excluding hydrogens is 272 g/mol. The minimum absolute atomic E-state index is 0.000779. The van der Waals surface area contributed by atoms with Gasteiger partial charge in [0.05, 0.1) is 19.6 Å². The summed E-state index contributed by atoms with van der Waals surface area (Å²) in [6, 6.07) is 0. The number of hydrogen-bond acceptors (Lipinski definition) is 7. The predicted molar refractivity (Wildman–Crippen MR) is 64.6 cm³/mol. The van der Waals surface area contributed by atoms with Gasteiger partial charge < -0.3 is 19.3 Å². The van der Waals surface area contributed by atoms with Crippen molar-refractivity contribution in [2.45, 2.75) is 33.3 Å². The molecule has 0 aromatic carbocycles. The molecule has 1 N–H and O–H groups in total. The summed E-state index contributed by atoms with van der Waals surface area (Å²) in [7, 11) is 0. The largest absolute Gasteiger partial charge is 0.481 e. The SMILES string of the molecule is CCOC(=O)[C@@H](OC(C)=O)[C@@H](CC(=O)O)C(=O)OCC. The van der Waals surface area contributed by atoms with Crippen molar-refractivity contribution in [3.63, 3.8) is 0 Å². The maximum absolute atomic E-state index is 11.7. The van der Waals surface area contributed by atoms with E-state index in [1.165, 1.54) is 13.8 Å². The summed E-state index contributed by atoms with van der Waals surface area (Å²) in [4.78, 5) is 45.2. The van der Waals surface area contributed by atoms with Crippen molar-refractivity contribution >= 4 is 23.9 Å². The second-order valence-electron chi connectivity index (χ2n) is 3.74. The second-order valence-corrected chi connectivity index (χ2v) is 3.74. The molecule has 0 aliphatic heterocycles. The van der Waals surface area contributed by atoms with Crippen LogP contribution >= 0.6 is 0 Å². The van der Waals surface area contributed by atoms with Crippen LogP contribution in [0, 0.1) is 5.92 Å². The van der Waals surface area contributed by atoms with Crippen molar-refractivity contribution in [1.82, 2.24) is 0 Å². The number of hydrogen-bond donors (Lipinski definition) is 1. The van der Waals surface area contributed by atoms with E-state index in [9.17, 15) is 19.2 Å². The monoisotopic (exact) mass is 290 g/mol. The van der Waals surface area contributed by atoms with Crippen LogP contribution < -0.4 is 0 Å². The van der Waals surface area contributed by atoms with Crippen molar-refractivity contribution in [2.75, 3.05) is 13.2 Å². The van der Waals surface area contributed by atoms with Crippen LogP contribution in [0.3, 0.4) is 0 Å². The molecule has 8 heteroatoms. The van der Waals surface area contributed by atoms with E-state index in [1.54, 1.807) is 0 Å². The summed E-state index contributed by atoms with van der Waals surface area (Å²) in [5.41, 5.74) is 0. The first-order chi connectivity index (χ1) is 9.33. The van der Waals surface area contributed by atoms with E-state index in [-0.39, 0.29) is 13.2 Å². The number of carboxylic acids is 1. The Kier molecular flexibility index (Phi) is 7.95. The predicted octanol–water partition coefficient (Wildman–Crippen LogP) is 0.135. The van der Waals surface area contributed by atoms with Gasteiger partial charge in [-0.3, -0.25) is 14.4 Å². The number of carbonyl (C=O) groups excluding carboxylic acids is 3. The van der Waals surface area contributed by atoms with E-state index < -0.39 is 42.3 Å². The van der Waals surface area contributed by atoms with Crippen molar-refractivity contribution in [1.29, 1.82) is 0 Å². The zero-order valence-corrected chi connectivity index (χ0v) is 11.6. The lowest BCUT2D eigenvalue weighted by atomic mass is 9.98. The first-order valence-corrected chi connectivity index (χ1v) is 6.05. The quantitative estimate of drug-likeness (QED) is 0.495. The van der Waals surface area contributed by atoms with E-state index in [4.69, 9.17) is 14.6 Å². The van der Waals surface area contributed by atoms with Crippen molar-refractivity contribution in [3.8, 4) is 0 Å². The number of aliphatic carboxylic acids is 1. The van der Waals surface area contributed by atoms with Crippen molar-refractivity contribution < 1.29 is 38.5 Å². The van der Waals surface area contributed by atoms with Gasteiger partial charge in [0.1, 0.15) is 5.92 Å². The molecule has 114 valence electrons. The fourth-order valence-electron chi connectivity index (χ4n) is 1.45. The number of rotatable bonds is 8.